The van der Waals surface area contributed by atoms with Crippen LogP contribution in [-0.2, 0) is 21.1 Å². The molecule has 0 aliphatic carbocycles. The number of nitrogens with one attached hydrogen (secondary N) is 1. The third-order valence-corrected chi connectivity index (χ3v) is 6.19. The van der Waals surface area contributed by atoms with E-state index in [1.165, 1.54) is 29.4 Å². The van der Waals surface area contributed by atoms with Gasteiger partial charge in [0.2, 0.25) is 5.91 Å². The van der Waals surface area contributed by atoms with E-state index in [9.17, 15) is 13.2 Å². The topological polar surface area (TPSA) is 76.1 Å². The molecule has 2 rings (SSSR count). The lowest BCUT2D eigenvalue weighted by Crippen LogP contribution is -2.31. The summed E-state index contributed by atoms with van der Waals surface area (Å²) in [5.41, 5.74) is 3.22. The van der Waals surface area contributed by atoms with Crippen molar-refractivity contribution in [2.75, 3.05) is 11.6 Å². The average Bonchev–Trinajstić information content (AvgIpc) is 2.79. The van der Waals surface area contributed by atoms with Crippen LogP contribution in [0.2, 0.25) is 0 Å². The lowest BCUT2D eigenvalue weighted by atomic mass is 10.1. The molecule has 124 valence electrons. The third-order valence-electron chi connectivity index (χ3n) is 3.62. The number of carbonyl (C=O) groups excluding carboxylic acids is 1. The van der Waals surface area contributed by atoms with Crippen molar-refractivity contribution in [1.82, 2.24) is 4.98 Å². The highest BCUT2D eigenvalue weighted by Gasteiger charge is 2.24. The van der Waals surface area contributed by atoms with E-state index in [-0.39, 0.29) is 0 Å². The molecule has 0 saturated carbocycles. The van der Waals surface area contributed by atoms with Gasteiger partial charge in [-0.05, 0) is 26.3 Å². The van der Waals surface area contributed by atoms with Crippen molar-refractivity contribution in [2.24, 2.45) is 0 Å². The van der Waals surface area contributed by atoms with Gasteiger partial charge in [-0.15, -0.1) is 11.3 Å². The fourth-order valence-electron chi connectivity index (χ4n) is 1.94. The quantitative estimate of drug-likeness (QED) is 0.898. The van der Waals surface area contributed by atoms with Gasteiger partial charge in [0.1, 0.15) is 5.25 Å². The van der Waals surface area contributed by atoms with Gasteiger partial charge in [0.05, 0.1) is 5.69 Å². The molecule has 1 N–H and O–H groups in total. The summed E-state index contributed by atoms with van der Waals surface area (Å²) in [4.78, 5) is 17.3. The second-order valence-corrected chi connectivity index (χ2v) is 9.10. The van der Waals surface area contributed by atoms with Crippen LogP contribution in [0.3, 0.4) is 0 Å². The number of nitrogens with zero attached hydrogens (tertiary/aromatic N) is 1. The summed E-state index contributed by atoms with van der Waals surface area (Å²) in [6.07, 6.45) is 1.79. The summed E-state index contributed by atoms with van der Waals surface area (Å²) in [7, 11) is -3.41. The maximum atomic E-state index is 12.0. The minimum atomic E-state index is -3.41. The molecule has 7 heteroatoms. The van der Waals surface area contributed by atoms with Gasteiger partial charge in [0.25, 0.3) is 0 Å². The molecular formula is C16H20N2O3S2. The van der Waals surface area contributed by atoms with E-state index in [0.29, 0.717) is 5.13 Å². The SMILES string of the molecule is Cc1ccc(Cc2sc(NC(=O)[C@@H](C)S(C)(=O)=O)nc2C)cc1. The van der Waals surface area contributed by atoms with Crippen LogP contribution in [0.25, 0.3) is 0 Å². The molecule has 0 saturated heterocycles. The first kappa shape index (κ1) is 17.6. The minimum absolute atomic E-state index is 0.435. The second kappa shape index (κ2) is 6.80. The van der Waals surface area contributed by atoms with Crippen molar-refractivity contribution in [1.29, 1.82) is 0 Å². The molecule has 0 fully saturated rings. The largest absolute Gasteiger partial charge is 0.301 e. The number of carbonyl (C=O) groups is 1. The Morgan fingerprint density at radius 1 is 1.26 bits per heavy atom. The zero-order valence-corrected chi connectivity index (χ0v) is 15.2. The predicted molar refractivity (Wildman–Crippen MR) is 93.8 cm³/mol. The first-order valence-electron chi connectivity index (χ1n) is 7.18. The van der Waals surface area contributed by atoms with Crippen molar-refractivity contribution < 1.29 is 13.2 Å². The molecule has 0 radical (unpaired) electrons. The van der Waals surface area contributed by atoms with E-state index in [1.807, 2.05) is 13.8 Å². The molecule has 0 bridgehead atoms. The molecule has 0 aliphatic heterocycles. The summed E-state index contributed by atoms with van der Waals surface area (Å²) < 4.78 is 22.9. The average molecular weight is 352 g/mol. The fourth-order valence-corrected chi connectivity index (χ4v) is 3.39. The van der Waals surface area contributed by atoms with Crippen molar-refractivity contribution in [3.05, 3.63) is 46.0 Å². The summed E-state index contributed by atoms with van der Waals surface area (Å²) >= 11 is 1.38. The number of sulfone groups is 1. The molecule has 0 aliphatic rings. The number of anilines is 1. The van der Waals surface area contributed by atoms with Crippen molar-refractivity contribution in [3.63, 3.8) is 0 Å². The van der Waals surface area contributed by atoms with Crippen molar-refractivity contribution in [2.45, 2.75) is 32.4 Å². The van der Waals surface area contributed by atoms with Crippen LogP contribution >= 0.6 is 11.3 Å². The Labute approximate surface area is 140 Å². The Balaban J connectivity index is 2.12. The maximum absolute atomic E-state index is 12.0. The van der Waals surface area contributed by atoms with Crippen LogP contribution in [0.15, 0.2) is 24.3 Å². The number of benzene rings is 1. The zero-order valence-electron chi connectivity index (χ0n) is 13.6. The summed E-state index contributed by atoms with van der Waals surface area (Å²) in [6, 6.07) is 8.25. The highest BCUT2D eigenvalue weighted by Crippen LogP contribution is 2.25. The molecule has 23 heavy (non-hydrogen) atoms. The van der Waals surface area contributed by atoms with Gasteiger partial charge in [-0.25, -0.2) is 13.4 Å². The number of hydrogen-bond acceptors (Lipinski definition) is 5. The summed E-state index contributed by atoms with van der Waals surface area (Å²) in [6.45, 7) is 5.30. The molecule has 1 aromatic heterocycles. The first-order chi connectivity index (χ1) is 10.7. The van der Waals surface area contributed by atoms with Crippen LogP contribution in [0.1, 0.15) is 28.6 Å². The zero-order chi connectivity index (χ0) is 17.2. The van der Waals surface area contributed by atoms with Gasteiger partial charge < -0.3 is 5.32 Å². The Hall–Kier alpha value is -1.73. The van der Waals surface area contributed by atoms with Crippen molar-refractivity contribution in [3.8, 4) is 0 Å². The minimum Gasteiger partial charge on any atom is -0.301 e. The molecule has 1 aromatic carbocycles. The van der Waals surface area contributed by atoms with Gasteiger partial charge in [-0.3, -0.25) is 4.79 Å². The number of hydrogen-bond donors (Lipinski definition) is 1. The standard InChI is InChI=1S/C16H20N2O3S2/c1-10-5-7-13(8-6-10)9-14-11(2)17-16(22-14)18-15(19)12(3)23(4,20)21/h5-8,12H,9H2,1-4H3,(H,17,18,19)/t12-/m1/s1. The normalized spacial score (nSPS) is 12.9. The predicted octanol–water partition coefficient (Wildman–Crippen LogP) is 2.72. The van der Waals surface area contributed by atoms with E-state index >= 15 is 0 Å². The van der Waals surface area contributed by atoms with Crippen LogP contribution in [0.5, 0.6) is 0 Å². The summed E-state index contributed by atoms with van der Waals surface area (Å²) in [5.74, 6) is -0.553. The van der Waals surface area contributed by atoms with Gasteiger partial charge >= 0.3 is 0 Å². The van der Waals surface area contributed by atoms with Crippen LogP contribution in [-0.4, -0.2) is 30.8 Å². The molecule has 5 nitrogen and oxygen atoms in total. The molecule has 0 spiro atoms. The van der Waals surface area contributed by atoms with Crippen molar-refractivity contribution >= 4 is 32.2 Å². The molecule has 1 amide bonds. The van der Waals surface area contributed by atoms with E-state index in [1.54, 1.807) is 0 Å². The third kappa shape index (κ3) is 4.62. The Morgan fingerprint density at radius 3 is 2.43 bits per heavy atom. The highest BCUT2D eigenvalue weighted by atomic mass is 32.2. The maximum Gasteiger partial charge on any atom is 0.244 e. The van der Waals surface area contributed by atoms with Crippen LogP contribution in [0, 0.1) is 13.8 Å². The van der Waals surface area contributed by atoms with Crippen LogP contribution in [0.4, 0.5) is 5.13 Å². The first-order valence-corrected chi connectivity index (χ1v) is 9.95. The number of rotatable bonds is 5. The van der Waals surface area contributed by atoms with Crippen LogP contribution < -0.4 is 5.32 Å². The fraction of sp³-hybridized carbons (Fsp3) is 0.375. The Bertz CT molecular complexity index is 808. The van der Waals surface area contributed by atoms with E-state index in [0.717, 1.165) is 23.2 Å². The molecule has 1 atom stereocenters. The van der Waals surface area contributed by atoms with Gasteiger partial charge in [-0.2, -0.15) is 0 Å². The number of amides is 1. The molecule has 1 heterocycles. The number of aromatic nitrogens is 1. The van der Waals surface area contributed by atoms with E-state index in [2.05, 4.69) is 34.6 Å². The van der Waals surface area contributed by atoms with E-state index < -0.39 is 21.0 Å². The molecule has 2 aromatic rings. The Kier molecular flexibility index (Phi) is 5.21. The smallest absolute Gasteiger partial charge is 0.244 e. The number of aryl methyl sites for hydroxylation is 2. The van der Waals surface area contributed by atoms with Gasteiger partial charge in [0, 0.05) is 17.6 Å². The van der Waals surface area contributed by atoms with Gasteiger partial charge in [0.15, 0.2) is 15.0 Å². The number of thiazole rings is 1. The monoisotopic (exact) mass is 352 g/mol. The highest BCUT2D eigenvalue weighted by molar-refractivity contribution is 7.92. The lowest BCUT2D eigenvalue weighted by molar-refractivity contribution is -0.115. The molecular weight excluding hydrogens is 332 g/mol. The molecule has 0 unspecified atom stereocenters. The van der Waals surface area contributed by atoms with Gasteiger partial charge in [-0.1, -0.05) is 29.8 Å². The van der Waals surface area contributed by atoms with E-state index in [4.69, 9.17) is 0 Å². The summed E-state index contributed by atoms with van der Waals surface area (Å²) in [5, 5.41) is 1.94. The Morgan fingerprint density at radius 2 is 1.87 bits per heavy atom. The second-order valence-electron chi connectivity index (χ2n) is 5.65. The lowest BCUT2D eigenvalue weighted by Gasteiger charge is -2.07.